The smallest absolute Gasteiger partial charge is 0.327 e. The van der Waals surface area contributed by atoms with Gasteiger partial charge in [0.05, 0.1) is 12.1 Å². The van der Waals surface area contributed by atoms with Gasteiger partial charge in [0.1, 0.15) is 0 Å². The zero-order valence-electron chi connectivity index (χ0n) is 18.8. The molecule has 178 valence electrons. The van der Waals surface area contributed by atoms with E-state index >= 15 is 0 Å². The molecule has 5 nitrogen and oxygen atoms in total. The molecular weight excluding hydrogens is 416 g/mol. The number of alkyl halides is 2. The second-order valence-corrected chi connectivity index (χ2v) is 8.76. The number of carboxylic acid groups (broad SMARTS) is 1. The fraction of sp³-hybridized carbons (Fsp3) is 0.600. The molecule has 0 aromatic heterocycles. The number of carboxylic acids is 1. The second kappa shape index (κ2) is 12.7. The fourth-order valence-electron chi connectivity index (χ4n) is 4.05. The quantitative estimate of drug-likeness (QED) is 0.314. The summed E-state index contributed by atoms with van der Waals surface area (Å²) in [6.07, 6.45) is 6.95. The number of likely N-dealkylation sites (tertiary alicyclic amines) is 1. The zero-order valence-corrected chi connectivity index (χ0v) is 18.8. The summed E-state index contributed by atoms with van der Waals surface area (Å²) in [6, 6.07) is 9.37. The minimum absolute atomic E-state index is 0.0183. The maximum atomic E-state index is 14.0. The highest BCUT2D eigenvalue weighted by molar-refractivity contribution is 5.86. The summed E-state index contributed by atoms with van der Waals surface area (Å²) < 4.78 is 28.0. The lowest BCUT2D eigenvalue weighted by molar-refractivity contribution is -0.148. The lowest BCUT2D eigenvalue weighted by Crippen LogP contribution is -2.36. The minimum Gasteiger partial charge on any atom is -0.481 e. The van der Waals surface area contributed by atoms with Crippen LogP contribution in [-0.4, -0.2) is 51.6 Å². The Bertz CT molecular complexity index is 754. The molecule has 0 bridgehead atoms. The van der Waals surface area contributed by atoms with Crippen LogP contribution in [0.15, 0.2) is 42.5 Å². The number of carbonyl (C=O) groups is 2. The van der Waals surface area contributed by atoms with Gasteiger partial charge in [-0.15, -0.1) is 0 Å². The number of carbonyl (C=O) groups excluding carboxylic acids is 1. The third-order valence-electron chi connectivity index (χ3n) is 6.06. The van der Waals surface area contributed by atoms with Gasteiger partial charge in [0.2, 0.25) is 0 Å². The van der Waals surface area contributed by atoms with Crippen molar-refractivity contribution in [3.8, 4) is 0 Å². The summed E-state index contributed by atoms with van der Waals surface area (Å²) in [7, 11) is 0. The molecule has 7 heteroatoms. The molecule has 0 saturated carbocycles. The van der Waals surface area contributed by atoms with Crippen molar-refractivity contribution in [2.24, 2.45) is 5.92 Å². The summed E-state index contributed by atoms with van der Waals surface area (Å²) in [5, 5.41) is 19.1. The number of benzene rings is 1. The van der Waals surface area contributed by atoms with E-state index in [1.54, 1.807) is 12.2 Å². The van der Waals surface area contributed by atoms with Crippen LogP contribution >= 0.6 is 0 Å². The molecule has 1 aromatic carbocycles. The number of aliphatic carboxylic acids is 1. The van der Waals surface area contributed by atoms with E-state index in [9.17, 15) is 23.5 Å². The van der Waals surface area contributed by atoms with E-state index in [1.807, 2.05) is 25.1 Å². The molecule has 1 amide bonds. The van der Waals surface area contributed by atoms with Gasteiger partial charge in [0.15, 0.2) is 0 Å². The lowest BCUT2D eigenvalue weighted by atomic mass is 9.95. The van der Waals surface area contributed by atoms with Crippen molar-refractivity contribution in [2.75, 3.05) is 6.54 Å². The molecule has 1 aliphatic heterocycles. The van der Waals surface area contributed by atoms with Crippen molar-refractivity contribution >= 4 is 11.9 Å². The van der Waals surface area contributed by atoms with E-state index in [1.165, 1.54) is 10.5 Å². The van der Waals surface area contributed by atoms with Crippen LogP contribution in [-0.2, 0) is 16.0 Å². The first kappa shape index (κ1) is 26.0. The number of aliphatic hydroxyl groups is 1. The van der Waals surface area contributed by atoms with E-state index in [0.29, 0.717) is 25.7 Å². The Morgan fingerprint density at radius 3 is 2.56 bits per heavy atom. The average Bonchev–Trinajstić information content (AvgIpc) is 2.97. The molecular formula is C25H35F2NO4. The van der Waals surface area contributed by atoms with Crippen molar-refractivity contribution in [3.05, 3.63) is 48.0 Å². The number of halogens is 2. The molecule has 2 rings (SSSR count). The molecule has 1 heterocycles. The average molecular weight is 452 g/mol. The fourth-order valence-corrected chi connectivity index (χ4v) is 4.05. The Kier molecular flexibility index (Phi) is 10.3. The molecule has 1 aliphatic rings. The van der Waals surface area contributed by atoms with E-state index in [2.05, 4.69) is 12.1 Å². The number of aliphatic hydroxyl groups excluding tert-OH is 1. The minimum atomic E-state index is -3.38. The third kappa shape index (κ3) is 8.34. The Hall–Kier alpha value is -2.28. The topological polar surface area (TPSA) is 77.8 Å². The summed E-state index contributed by atoms with van der Waals surface area (Å²) >= 11 is 0. The molecule has 1 fully saturated rings. The van der Waals surface area contributed by atoms with Gasteiger partial charge in [-0.3, -0.25) is 9.59 Å². The van der Waals surface area contributed by atoms with Crippen LogP contribution in [0.1, 0.15) is 63.9 Å². The van der Waals surface area contributed by atoms with Crippen molar-refractivity contribution in [1.82, 2.24) is 4.90 Å². The first-order chi connectivity index (χ1) is 15.2. The highest BCUT2D eigenvalue weighted by atomic mass is 19.3. The molecule has 1 saturated heterocycles. The Morgan fingerprint density at radius 1 is 1.19 bits per heavy atom. The molecule has 1 unspecified atom stereocenters. The first-order valence-corrected chi connectivity index (χ1v) is 11.5. The molecule has 0 radical (unpaired) electrons. The Labute approximate surface area is 189 Å². The Balaban J connectivity index is 1.81. The summed E-state index contributed by atoms with van der Waals surface area (Å²) in [5.41, 5.74) is 1.25. The van der Waals surface area contributed by atoms with Crippen LogP contribution in [0.25, 0.3) is 0 Å². The van der Waals surface area contributed by atoms with E-state index < -0.39 is 36.4 Å². The maximum Gasteiger partial charge on any atom is 0.327 e. The highest BCUT2D eigenvalue weighted by Crippen LogP contribution is 2.34. The van der Waals surface area contributed by atoms with Crippen LogP contribution in [0.3, 0.4) is 0 Å². The number of hydrogen-bond donors (Lipinski definition) is 2. The maximum absolute atomic E-state index is 14.0. The second-order valence-electron chi connectivity index (χ2n) is 8.76. The van der Waals surface area contributed by atoms with Gasteiger partial charge >= 0.3 is 11.9 Å². The van der Waals surface area contributed by atoms with Gasteiger partial charge in [-0.2, -0.15) is 8.78 Å². The van der Waals surface area contributed by atoms with Crippen molar-refractivity contribution < 1.29 is 28.6 Å². The number of aryl methyl sites for hydroxylation is 1. The van der Waals surface area contributed by atoms with Crippen molar-refractivity contribution in [1.29, 1.82) is 0 Å². The third-order valence-corrected chi connectivity index (χ3v) is 6.06. The van der Waals surface area contributed by atoms with Gasteiger partial charge in [0, 0.05) is 19.4 Å². The predicted molar refractivity (Wildman–Crippen MR) is 119 cm³/mol. The SMILES string of the molecule is CC(CCCc1ccccc1)[C@@H](O)/C=C/[C@H]1CC(F)(F)C(=O)N1CCCCCCC(=O)O. The standard InChI is InChI=1S/C25H35F2NO4/c1-19(10-9-13-20-11-5-4-6-12-20)22(29)16-15-21-18-25(26,27)24(32)28(21)17-8-3-2-7-14-23(30)31/h4-6,11-12,15-16,19,21-22,29H,2-3,7-10,13-14,17-18H2,1H3,(H,30,31)/b16-15+/t19?,21-,22-/m0/s1. The van der Waals surface area contributed by atoms with Gasteiger partial charge in [-0.05, 0) is 43.6 Å². The van der Waals surface area contributed by atoms with Crippen LogP contribution in [0.2, 0.25) is 0 Å². The van der Waals surface area contributed by atoms with Gasteiger partial charge < -0.3 is 15.1 Å². The van der Waals surface area contributed by atoms with E-state index in [0.717, 1.165) is 19.3 Å². The molecule has 1 aromatic rings. The molecule has 3 atom stereocenters. The number of amides is 1. The largest absolute Gasteiger partial charge is 0.481 e. The summed E-state index contributed by atoms with van der Waals surface area (Å²) in [5.74, 6) is -5.42. The van der Waals surface area contributed by atoms with Crippen LogP contribution in [0, 0.1) is 5.92 Å². The monoisotopic (exact) mass is 451 g/mol. The zero-order chi connectivity index (χ0) is 23.6. The van der Waals surface area contributed by atoms with E-state index in [-0.39, 0.29) is 18.9 Å². The van der Waals surface area contributed by atoms with E-state index in [4.69, 9.17) is 5.11 Å². The predicted octanol–water partition coefficient (Wildman–Crippen LogP) is 4.83. The van der Waals surface area contributed by atoms with Gasteiger partial charge in [-0.1, -0.05) is 62.2 Å². The highest BCUT2D eigenvalue weighted by Gasteiger charge is 2.52. The number of nitrogens with zero attached hydrogens (tertiary/aromatic N) is 1. The first-order valence-electron chi connectivity index (χ1n) is 11.5. The number of hydrogen-bond acceptors (Lipinski definition) is 3. The summed E-state index contributed by atoms with van der Waals surface area (Å²) in [6.45, 7) is 2.14. The van der Waals surface area contributed by atoms with Gasteiger partial charge in [-0.25, -0.2) is 0 Å². The Morgan fingerprint density at radius 2 is 1.88 bits per heavy atom. The van der Waals surface area contributed by atoms with Crippen molar-refractivity contribution in [3.63, 3.8) is 0 Å². The van der Waals surface area contributed by atoms with Crippen LogP contribution in [0.4, 0.5) is 8.78 Å². The number of rotatable bonds is 14. The normalized spacial score (nSPS) is 20.1. The molecule has 32 heavy (non-hydrogen) atoms. The molecule has 0 spiro atoms. The van der Waals surface area contributed by atoms with Crippen molar-refractivity contribution in [2.45, 2.75) is 82.8 Å². The molecule has 0 aliphatic carbocycles. The van der Waals surface area contributed by atoms with Crippen LogP contribution in [0.5, 0.6) is 0 Å². The lowest BCUT2D eigenvalue weighted by Gasteiger charge is -2.22. The van der Waals surface area contributed by atoms with Gasteiger partial charge in [0.25, 0.3) is 5.91 Å². The van der Waals surface area contributed by atoms with Crippen LogP contribution < -0.4 is 0 Å². The molecule has 2 N–H and O–H groups in total. The summed E-state index contributed by atoms with van der Waals surface area (Å²) in [4.78, 5) is 23.8. The number of unbranched alkanes of at least 4 members (excludes halogenated alkanes) is 3.